The van der Waals surface area contributed by atoms with Crippen LogP contribution in [0.1, 0.15) is 23.6 Å². The van der Waals surface area contributed by atoms with Crippen LogP contribution >= 0.6 is 0 Å². The van der Waals surface area contributed by atoms with Gasteiger partial charge in [0, 0.05) is 12.3 Å². The van der Waals surface area contributed by atoms with E-state index in [0.29, 0.717) is 24.5 Å². The Morgan fingerprint density at radius 3 is 2.17 bits per heavy atom. The molecule has 1 atom stereocenters. The summed E-state index contributed by atoms with van der Waals surface area (Å²) in [6.07, 6.45) is -9.76. The number of amidine groups is 1. The summed E-state index contributed by atoms with van der Waals surface area (Å²) in [5, 5.41) is 0. The molecule has 0 bridgehead atoms. The maximum absolute atomic E-state index is 13.8. The SMILES string of the molecule is C=[N+]=C(N)Cc1cc(Oc2cc(OS(=O)CC)c(S(C)(=O)=O)cc2C(F)(F)F)cc(C(F)(F)F)c1. The molecule has 1 unspecified atom stereocenters. The van der Waals surface area contributed by atoms with E-state index in [1.807, 2.05) is 0 Å². The Labute approximate surface area is 198 Å². The second kappa shape index (κ2) is 10.3. The normalized spacial score (nSPS) is 13.1. The molecule has 15 heteroatoms. The fourth-order valence-corrected chi connectivity index (χ4v) is 4.05. The van der Waals surface area contributed by atoms with Crippen molar-refractivity contribution in [3.05, 3.63) is 47.0 Å². The minimum absolute atomic E-state index is 0.0930. The predicted molar refractivity (Wildman–Crippen MR) is 118 cm³/mol. The Hall–Kier alpha value is -3.03. The average Bonchev–Trinajstić information content (AvgIpc) is 2.71. The van der Waals surface area contributed by atoms with Crippen LogP contribution in [0, 0.1) is 0 Å². The van der Waals surface area contributed by atoms with Crippen LogP contribution in [0.3, 0.4) is 0 Å². The van der Waals surface area contributed by atoms with Crippen LogP contribution in [0.2, 0.25) is 0 Å². The molecule has 192 valence electrons. The zero-order valence-electron chi connectivity index (χ0n) is 18.2. The number of hydrogen-bond donors (Lipinski definition) is 1. The molecule has 0 aliphatic carbocycles. The predicted octanol–water partition coefficient (Wildman–Crippen LogP) is 3.65. The van der Waals surface area contributed by atoms with Gasteiger partial charge in [0.05, 0.1) is 23.3 Å². The Kier molecular flexibility index (Phi) is 8.30. The summed E-state index contributed by atoms with van der Waals surface area (Å²) in [6, 6.07) is 2.88. The van der Waals surface area contributed by atoms with Crippen LogP contribution in [-0.4, -0.2) is 37.2 Å². The van der Waals surface area contributed by atoms with Gasteiger partial charge in [-0.3, -0.25) is 5.73 Å². The molecule has 0 heterocycles. The summed E-state index contributed by atoms with van der Waals surface area (Å²) in [6.45, 7) is 4.55. The average molecular weight is 546 g/mol. The van der Waals surface area contributed by atoms with Gasteiger partial charge in [-0.15, -0.1) is 0 Å². The lowest BCUT2D eigenvalue weighted by molar-refractivity contribution is -0.139. The molecule has 2 aromatic carbocycles. The number of ether oxygens (including phenoxy) is 1. The second-order valence-corrected chi connectivity index (χ2v) is 10.4. The summed E-state index contributed by atoms with van der Waals surface area (Å²) >= 11 is -2.12. The molecule has 2 aromatic rings. The van der Waals surface area contributed by atoms with Gasteiger partial charge in [-0.2, -0.15) is 26.3 Å². The summed E-state index contributed by atoms with van der Waals surface area (Å²) in [5.74, 6) is -2.74. The highest BCUT2D eigenvalue weighted by Gasteiger charge is 2.38. The molecule has 2 rings (SSSR count). The number of benzene rings is 2. The smallest absolute Gasteiger partial charge is 0.420 e. The van der Waals surface area contributed by atoms with Crippen LogP contribution < -0.4 is 19.3 Å². The topological polar surface area (TPSA) is 110 Å². The highest BCUT2D eigenvalue weighted by molar-refractivity contribution is 7.90. The number of hydrogen-bond acceptors (Lipinski definition) is 5. The lowest BCUT2D eigenvalue weighted by atomic mass is 10.1. The molecular formula is C20H19F6N2O5S2+. The van der Waals surface area contributed by atoms with Gasteiger partial charge in [-0.05, 0) is 29.8 Å². The minimum Gasteiger partial charge on any atom is -0.457 e. The fourth-order valence-electron chi connectivity index (χ4n) is 2.74. The quantitative estimate of drug-likeness (QED) is 0.235. The van der Waals surface area contributed by atoms with Gasteiger partial charge in [0.15, 0.2) is 22.3 Å². The first-order valence-corrected chi connectivity index (χ1v) is 12.6. The number of halogens is 6. The largest absolute Gasteiger partial charge is 0.457 e. The van der Waals surface area contributed by atoms with E-state index in [1.54, 1.807) is 0 Å². The van der Waals surface area contributed by atoms with E-state index >= 15 is 0 Å². The van der Waals surface area contributed by atoms with E-state index in [-0.39, 0.29) is 29.6 Å². The van der Waals surface area contributed by atoms with Gasteiger partial charge in [-0.1, -0.05) is 6.92 Å². The van der Waals surface area contributed by atoms with Crippen molar-refractivity contribution in [3.8, 4) is 17.2 Å². The third-order valence-electron chi connectivity index (χ3n) is 4.28. The number of nitrogens with two attached hydrogens (primary N) is 1. The molecule has 0 aliphatic rings. The van der Waals surface area contributed by atoms with E-state index in [1.165, 1.54) is 6.92 Å². The summed E-state index contributed by atoms with van der Waals surface area (Å²) < 4.78 is 131. The van der Waals surface area contributed by atoms with Gasteiger partial charge in [0.25, 0.3) is 0 Å². The summed E-state index contributed by atoms with van der Waals surface area (Å²) in [5.41, 5.74) is 2.56. The van der Waals surface area contributed by atoms with Crippen LogP contribution in [0.5, 0.6) is 17.2 Å². The van der Waals surface area contributed by atoms with Crippen molar-refractivity contribution in [3.63, 3.8) is 0 Å². The number of rotatable bonds is 8. The van der Waals surface area contributed by atoms with E-state index < -0.39 is 66.5 Å². The van der Waals surface area contributed by atoms with Gasteiger partial charge >= 0.3 is 18.2 Å². The fraction of sp³-hybridized carbons (Fsp3) is 0.300. The zero-order valence-corrected chi connectivity index (χ0v) is 19.8. The first-order valence-electron chi connectivity index (χ1n) is 9.44. The summed E-state index contributed by atoms with van der Waals surface area (Å²) in [4.78, 5) is -0.928. The van der Waals surface area contributed by atoms with Crippen molar-refractivity contribution in [2.75, 3.05) is 12.0 Å². The van der Waals surface area contributed by atoms with Crippen molar-refractivity contribution >= 4 is 33.5 Å². The molecule has 35 heavy (non-hydrogen) atoms. The van der Waals surface area contributed by atoms with E-state index in [2.05, 4.69) is 11.4 Å². The van der Waals surface area contributed by atoms with E-state index in [0.717, 1.165) is 6.07 Å². The van der Waals surface area contributed by atoms with Crippen LogP contribution in [0.4, 0.5) is 26.3 Å². The molecule has 0 aromatic heterocycles. The zero-order chi connectivity index (χ0) is 26.8. The molecule has 7 nitrogen and oxygen atoms in total. The third kappa shape index (κ3) is 7.47. The molecule has 0 aliphatic heterocycles. The van der Waals surface area contributed by atoms with E-state index in [9.17, 15) is 39.0 Å². The van der Waals surface area contributed by atoms with Gasteiger partial charge in [0.2, 0.25) is 11.1 Å². The Morgan fingerprint density at radius 2 is 1.69 bits per heavy atom. The van der Waals surface area contributed by atoms with Crippen molar-refractivity contribution in [2.45, 2.75) is 30.6 Å². The Bertz CT molecular complexity index is 1300. The molecule has 0 saturated carbocycles. The molecular weight excluding hydrogens is 526 g/mol. The minimum atomic E-state index is -5.17. The monoisotopic (exact) mass is 545 g/mol. The van der Waals surface area contributed by atoms with E-state index in [4.69, 9.17) is 14.7 Å². The van der Waals surface area contributed by atoms with Crippen LogP contribution in [0.15, 0.2) is 35.2 Å². The first kappa shape index (κ1) is 28.2. The van der Waals surface area contributed by atoms with Crippen molar-refractivity contribution in [1.82, 2.24) is 4.67 Å². The van der Waals surface area contributed by atoms with Crippen LogP contribution in [-0.2, 0) is 39.7 Å². The highest BCUT2D eigenvalue weighted by atomic mass is 32.2. The first-order chi connectivity index (χ1) is 16.0. The standard InChI is InChI=1S/C20H18F6N2O5S2/c1-4-34(29)33-16-10-15(14(20(24,25)26)9-17(16)35(3,30)31)32-13-6-11(7-18(27)28-2)5-12(8-13)19(21,22)23/h5-6,8-10,27H,2,4,7H2,1,3H3/p+1. The molecule has 0 spiro atoms. The second-order valence-electron chi connectivity index (χ2n) is 7.03. The lowest BCUT2D eigenvalue weighted by Crippen LogP contribution is -2.18. The van der Waals surface area contributed by atoms with Crippen molar-refractivity contribution in [1.29, 1.82) is 0 Å². The Morgan fingerprint density at radius 1 is 1.06 bits per heavy atom. The van der Waals surface area contributed by atoms with Gasteiger partial charge < -0.3 is 8.92 Å². The Balaban J connectivity index is 2.77. The summed E-state index contributed by atoms with van der Waals surface area (Å²) in [7, 11) is -4.31. The van der Waals surface area contributed by atoms with Gasteiger partial charge in [0.1, 0.15) is 16.4 Å². The lowest BCUT2D eigenvalue weighted by Gasteiger charge is -2.18. The van der Waals surface area contributed by atoms with Crippen molar-refractivity contribution in [2.24, 2.45) is 5.73 Å². The van der Waals surface area contributed by atoms with Gasteiger partial charge in [-0.25, -0.2) is 17.3 Å². The maximum Gasteiger partial charge on any atom is 0.420 e. The molecule has 0 radical (unpaired) electrons. The van der Waals surface area contributed by atoms with Crippen molar-refractivity contribution < 1.29 is 47.9 Å². The number of nitrogens with zero attached hydrogens (tertiary/aromatic N) is 1. The number of alkyl halides is 6. The molecule has 2 N–H and O–H groups in total. The maximum atomic E-state index is 13.8. The third-order valence-corrected chi connectivity index (χ3v) is 6.23. The number of sulfone groups is 1. The molecule has 0 amide bonds. The highest BCUT2D eigenvalue weighted by Crippen LogP contribution is 2.44. The molecule has 0 saturated heterocycles. The molecule has 0 fully saturated rings. The van der Waals surface area contributed by atoms with Crippen LogP contribution in [0.25, 0.3) is 0 Å².